The molecule has 0 heterocycles. The molecule has 11 heteroatoms. The van der Waals surface area contributed by atoms with Crippen molar-refractivity contribution in [2.45, 2.75) is 43.2 Å². The lowest BCUT2D eigenvalue weighted by Gasteiger charge is -2.30. The van der Waals surface area contributed by atoms with Gasteiger partial charge in [-0.1, -0.05) is 48.0 Å². The minimum absolute atomic E-state index is 0.0416. The van der Waals surface area contributed by atoms with Crippen LogP contribution in [-0.2, 0) is 26.0 Å². The van der Waals surface area contributed by atoms with Crippen LogP contribution in [0.3, 0.4) is 0 Å². The molecule has 0 aliphatic carbocycles. The summed E-state index contributed by atoms with van der Waals surface area (Å²) < 4.78 is 27.3. The molecule has 2 aromatic rings. The number of carbonyl (C=O) groups is 2. The van der Waals surface area contributed by atoms with Crippen LogP contribution in [0.15, 0.2) is 64.5 Å². The molecule has 0 fully saturated rings. The van der Waals surface area contributed by atoms with E-state index in [1.807, 2.05) is 0 Å². The molecule has 0 unspecified atom stereocenters. The van der Waals surface area contributed by atoms with Crippen molar-refractivity contribution in [2.75, 3.05) is 6.54 Å². The molecule has 33 heavy (non-hydrogen) atoms. The Hall–Kier alpha value is -3.44. The van der Waals surface area contributed by atoms with E-state index in [0.717, 1.165) is 5.56 Å². The number of nitrogens with two attached hydrogens (primary N) is 3. The van der Waals surface area contributed by atoms with Crippen molar-refractivity contribution in [1.82, 2.24) is 4.31 Å². The monoisotopic (exact) mass is 475 g/mol. The van der Waals surface area contributed by atoms with E-state index in [2.05, 4.69) is 4.99 Å². The van der Waals surface area contributed by atoms with Crippen molar-refractivity contribution in [3.8, 4) is 0 Å². The third-order valence-electron chi connectivity index (χ3n) is 4.91. The van der Waals surface area contributed by atoms with Crippen LogP contribution in [0.4, 0.5) is 0 Å². The topological polar surface area (TPSA) is 182 Å². The van der Waals surface area contributed by atoms with Gasteiger partial charge in [0.25, 0.3) is 15.9 Å². The molecule has 0 spiro atoms. The fourth-order valence-electron chi connectivity index (χ4n) is 3.22. The molecule has 0 saturated heterocycles. The molecule has 10 nitrogen and oxygen atoms in total. The third-order valence-corrected chi connectivity index (χ3v) is 6.73. The van der Waals surface area contributed by atoms with E-state index < -0.39 is 34.0 Å². The zero-order valence-corrected chi connectivity index (χ0v) is 19.1. The smallest absolute Gasteiger partial charge is 0.327 e. The van der Waals surface area contributed by atoms with Gasteiger partial charge in [-0.15, -0.1) is 0 Å². The summed E-state index contributed by atoms with van der Waals surface area (Å²) in [7, 11) is -4.51. The first-order chi connectivity index (χ1) is 15.5. The molecule has 0 radical (unpaired) electrons. The number of rotatable bonds is 11. The lowest BCUT2D eigenvalue weighted by Crippen LogP contribution is -2.54. The fourth-order valence-corrected chi connectivity index (χ4v) is 4.83. The number of carbonyl (C=O) groups excluding carboxylic acids is 1. The van der Waals surface area contributed by atoms with Crippen LogP contribution in [0.2, 0.25) is 0 Å². The lowest BCUT2D eigenvalue weighted by atomic mass is 10.0. The van der Waals surface area contributed by atoms with Gasteiger partial charge in [0.2, 0.25) is 0 Å². The molecule has 7 N–H and O–H groups in total. The summed E-state index contributed by atoms with van der Waals surface area (Å²) in [5.74, 6) is -2.66. The van der Waals surface area contributed by atoms with Gasteiger partial charge in [0.05, 0.1) is 10.9 Å². The van der Waals surface area contributed by atoms with E-state index in [9.17, 15) is 23.1 Å². The second-order valence-corrected chi connectivity index (χ2v) is 9.37. The molecule has 0 aromatic heterocycles. The standard InChI is InChI=1S/C22H29N5O5S/c1-15-9-11-17(12-10-15)33(31,32)27(19(21(29)30)8-5-13-26-22(24)25)20(28)18(23)14-16-6-3-2-4-7-16/h2-4,6-7,9-12,18-19H,5,8,13-14,23H2,1H3,(H,29,30)(H4,24,25,26)/t18-,19-/m0/s1. The molecule has 0 aliphatic rings. The summed E-state index contributed by atoms with van der Waals surface area (Å²) in [4.78, 5) is 29.0. The molecular formula is C22H29N5O5S. The first-order valence-electron chi connectivity index (χ1n) is 10.3. The Morgan fingerprint density at radius 1 is 1.06 bits per heavy atom. The van der Waals surface area contributed by atoms with Crippen molar-refractivity contribution in [2.24, 2.45) is 22.2 Å². The minimum atomic E-state index is -4.51. The number of amides is 1. The molecule has 1 amide bonds. The van der Waals surface area contributed by atoms with Gasteiger partial charge >= 0.3 is 5.97 Å². The summed E-state index contributed by atoms with van der Waals surface area (Å²) in [6, 6.07) is 11.6. The Morgan fingerprint density at radius 2 is 1.67 bits per heavy atom. The van der Waals surface area contributed by atoms with Crippen LogP contribution in [0.25, 0.3) is 0 Å². The van der Waals surface area contributed by atoms with E-state index in [0.29, 0.717) is 9.87 Å². The molecule has 0 saturated carbocycles. The SMILES string of the molecule is Cc1ccc(S(=O)(=O)N(C(=O)[C@@H](N)Cc2ccccc2)[C@@H](CCCN=C(N)N)C(=O)O)cc1. The first-order valence-corrected chi connectivity index (χ1v) is 11.7. The van der Waals surface area contributed by atoms with Gasteiger partial charge in [0.1, 0.15) is 6.04 Å². The predicted octanol–water partition coefficient (Wildman–Crippen LogP) is 0.589. The Kier molecular flexibility index (Phi) is 8.94. The van der Waals surface area contributed by atoms with Crippen molar-refractivity contribution >= 4 is 27.9 Å². The average molecular weight is 476 g/mol. The van der Waals surface area contributed by atoms with E-state index in [-0.39, 0.29) is 36.7 Å². The maximum atomic E-state index is 13.4. The number of hydrogen-bond donors (Lipinski definition) is 4. The number of aliphatic imine (C=N–C) groups is 1. The Balaban J connectivity index is 2.44. The second-order valence-electron chi connectivity index (χ2n) is 7.55. The van der Waals surface area contributed by atoms with Crippen molar-refractivity contribution < 1.29 is 23.1 Å². The number of guanidine groups is 1. The Labute approximate surface area is 193 Å². The van der Waals surface area contributed by atoms with Crippen molar-refractivity contribution in [1.29, 1.82) is 0 Å². The summed E-state index contributed by atoms with van der Waals surface area (Å²) in [6.07, 6.45) is -0.0169. The van der Waals surface area contributed by atoms with Crippen LogP contribution >= 0.6 is 0 Å². The zero-order valence-electron chi connectivity index (χ0n) is 18.3. The summed E-state index contributed by atoms with van der Waals surface area (Å²) in [5.41, 5.74) is 18.2. The minimum Gasteiger partial charge on any atom is -0.480 e. The first kappa shape index (κ1) is 25.8. The molecule has 0 bridgehead atoms. The van der Waals surface area contributed by atoms with Gasteiger partial charge in [-0.3, -0.25) is 9.79 Å². The Bertz CT molecular complexity index is 1080. The van der Waals surface area contributed by atoms with E-state index >= 15 is 0 Å². The molecule has 0 aliphatic heterocycles. The highest BCUT2D eigenvalue weighted by molar-refractivity contribution is 7.89. The maximum Gasteiger partial charge on any atom is 0.327 e. The lowest BCUT2D eigenvalue weighted by molar-refractivity contribution is -0.146. The predicted molar refractivity (Wildman–Crippen MR) is 125 cm³/mol. The van der Waals surface area contributed by atoms with E-state index in [1.54, 1.807) is 49.4 Å². The van der Waals surface area contributed by atoms with Crippen LogP contribution in [0.5, 0.6) is 0 Å². The van der Waals surface area contributed by atoms with Gasteiger partial charge in [-0.25, -0.2) is 17.5 Å². The number of carboxylic acids is 1. The summed E-state index contributed by atoms with van der Waals surface area (Å²) >= 11 is 0. The zero-order chi connectivity index (χ0) is 24.6. The van der Waals surface area contributed by atoms with Gasteiger partial charge in [0.15, 0.2) is 5.96 Å². The fraction of sp³-hybridized carbons (Fsp3) is 0.318. The molecule has 2 rings (SSSR count). The van der Waals surface area contributed by atoms with Crippen LogP contribution in [0, 0.1) is 6.92 Å². The summed E-state index contributed by atoms with van der Waals surface area (Å²) in [5, 5.41) is 9.84. The van der Waals surface area contributed by atoms with Crippen LogP contribution < -0.4 is 17.2 Å². The number of sulfonamides is 1. The normalized spacial score (nSPS) is 13.0. The number of hydrogen-bond acceptors (Lipinski definition) is 6. The highest BCUT2D eigenvalue weighted by atomic mass is 32.2. The van der Waals surface area contributed by atoms with Gasteiger partial charge in [-0.2, -0.15) is 0 Å². The third kappa shape index (κ3) is 7.02. The van der Waals surface area contributed by atoms with Crippen molar-refractivity contribution in [3.05, 3.63) is 65.7 Å². The van der Waals surface area contributed by atoms with Gasteiger partial charge in [0, 0.05) is 6.54 Å². The number of aliphatic carboxylic acids is 1. The molecular weight excluding hydrogens is 446 g/mol. The quantitative estimate of drug-likeness (QED) is 0.207. The number of nitrogens with zero attached hydrogens (tertiary/aromatic N) is 2. The van der Waals surface area contributed by atoms with Gasteiger partial charge < -0.3 is 22.3 Å². The van der Waals surface area contributed by atoms with Gasteiger partial charge in [-0.05, 0) is 43.9 Å². The molecule has 2 atom stereocenters. The number of benzene rings is 2. The maximum absolute atomic E-state index is 13.4. The average Bonchev–Trinajstić information content (AvgIpc) is 2.76. The Morgan fingerprint density at radius 3 is 2.21 bits per heavy atom. The largest absolute Gasteiger partial charge is 0.480 e. The number of carboxylic acid groups (broad SMARTS) is 1. The highest BCUT2D eigenvalue weighted by Crippen LogP contribution is 2.23. The molecule has 2 aromatic carbocycles. The number of aryl methyl sites for hydroxylation is 1. The van der Waals surface area contributed by atoms with Crippen molar-refractivity contribution in [3.63, 3.8) is 0 Å². The highest BCUT2D eigenvalue weighted by Gasteiger charge is 2.41. The van der Waals surface area contributed by atoms with Crippen LogP contribution in [-0.4, -0.2) is 54.3 Å². The van der Waals surface area contributed by atoms with E-state index in [1.165, 1.54) is 12.1 Å². The van der Waals surface area contributed by atoms with Crippen LogP contribution in [0.1, 0.15) is 24.0 Å². The van der Waals surface area contributed by atoms with E-state index in [4.69, 9.17) is 17.2 Å². The molecule has 178 valence electrons. The summed E-state index contributed by atoms with van der Waals surface area (Å²) in [6.45, 7) is 1.85. The second kappa shape index (κ2) is 11.4.